The minimum absolute atomic E-state index is 0.0299. The Labute approximate surface area is 184 Å². The van der Waals surface area contributed by atoms with Gasteiger partial charge in [-0.25, -0.2) is 16.8 Å². The number of alkyl halides is 3. The van der Waals surface area contributed by atoms with Crippen molar-refractivity contribution in [2.24, 2.45) is 0 Å². The van der Waals surface area contributed by atoms with Gasteiger partial charge in [-0.1, -0.05) is 6.07 Å². The Kier molecular flexibility index (Phi) is 6.91. The second-order valence-corrected chi connectivity index (χ2v) is 10.8. The molecule has 0 aliphatic carbocycles. The maximum atomic E-state index is 13.0. The Bertz CT molecular complexity index is 1180. The van der Waals surface area contributed by atoms with Gasteiger partial charge in [-0.05, 0) is 49.4 Å². The minimum atomic E-state index is -4.71. The van der Waals surface area contributed by atoms with Crippen molar-refractivity contribution in [3.05, 3.63) is 48.0 Å². The maximum Gasteiger partial charge on any atom is 0.416 e. The summed E-state index contributed by atoms with van der Waals surface area (Å²) < 4.78 is 92.6. The summed E-state index contributed by atoms with van der Waals surface area (Å²) in [5, 5.41) is 3.25. The van der Waals surface area contributed by atoms with Crippen LogP contribution in [0.4, 0.5) is 30.2 Å². The van der Waals surface area contributed by atoms with Gasteiger partial charge in [-0.3, -0.25) is 9.44 Å². The van der Waals surface area contributed by atoms with Crippen LogP contribution in [0.3, 0.4) is 0 Å². The largest absolute Gasteiger partial charge is 0.416 e. The van der Waals surface area contributed by atoms with Crippen molar-refractivity contribution in [2.75, 3.05) is 46.8 Å². The average Bonchev–Trinajstić information content (AvgIpc) is 2.97. The number of halogens is 3. The van der Waals surface area contributed by atoms with Gasteiger partial charge in [0.05, 0.1) is 28.1 Å². The topological polar surface area (TPSA) is 108 Å². The van der Waals surface area contributed by atoms with E-state index in [9.17, 15) is 30.0 Å². The molecule has 1 heterocycles. The first kappa shape index (κ1) is 24.1. The van der Waals surface area contributed by atoms with Gasteiger partial charge in [0.1, 0.15) is 0 Å². The lowest BCUT2D eigenvalue weighted by atomic mass is 10.2. The lowest BCUT2D eigenvalue weighted by Crippen LogP contribution is -2.28. The number of sulfonamides is 2. The van der Waals surface area contributed by atoms with E-state index in [1.165, 1.54) is 12.1 Å². The molecular formula is C19H23F3N4O4S2. The predicted molar refractivity (Wildman–Crippen MR) is 117 cm³/mol. The number of benzene rings is 2. The number of nitrogens with zero attached hydrogens (tertiary/aromatic N) is 1. The quantitative estimate of drug-likeness (QED) is 0.573. The van der Waals surface area contributed by atoms with Gasteiger partial charge in [0.25, 0.3) is 10.0 Å². The van der Waals surface area contributed by atoms with E-state index in [4.69, 9.17) is 0 Å². The number of nitrogens with one attached hydrogen (secondary N) is 3. The third-order valence-electron chi connectivity index (χ3n) is 4.72. The van der Waals surface area contributed by atoms with Crippen LogP contribution in [0.1, 0.15) is 12.0 Å². The number of hydrogen-bond donors (Lipinski definition) is 3. The molecule has 0 radical (unpaired) electrons. The fourth-order valence-corrected chi connectivity index (χ4v) is 4.94. The highest BCUT2D eigenvalue weighted by atomic mass is 32.2. The highest BCUT2D eigenvalue weighted by Crippen LogP contribution is 2.33. The Balaban J connectivity index is 1.97. The van der Waals surface area contributed by atoms with E-state index >= 15 is 0 Å². The fourth-order valence-electron chi connectivity index (χ4n) is 3.25. The Morgan fingerprint density at radius 1 is 0.938 bits per heavy atom. The van der Waals surface area contributed by atoms with Crippen molar-refractivity contribution in [1.82, 2.24) is 5.32 Å². The summed E-state index contributed by atoms with van der Waals surface area (Å²) in [5.74, 6) is 0. The molecule has 2 aromatic rings. The zero-order chi connectivity index (χ0) is 23.6. The summed E-state index contributed by atoms with van der Waals surface area (Å²) in [6.45, 7) is 2.98. The van der Waals surface area contributed by atoms with Crippen LogP contribution in [0, 0.1) is 0 Å². The monoisotopic (exact) mass is 492 g/mol. The smallest absolute Gasteiger partial charge is 0.370 e. The van der Waals surface area contributed by atoms with Crippen molar-refractivity contribution >= 4 is 37.1 Å². The molecular weight excluding hydrogens is 469 g/mol. The molecule has 1 aliphatic rings. The third-order valence-corrected chi connectivity index (χ3v) is 6.67. The lowest BCUT2D eigenvalue weighted by molar-refractivity contribution is -0.137. The molecule has 0 spiro atoms. The predicted octanol–water partition coefficient (Wildman–Crippen LogP) is 2.68. The van der Waals surface area contributed by atoms with E-state index in [-0.39, 0.29) is 11.4 Å². The normalized spacial score (nSPS) is 15.8. The van der Waals surface area contributed by atoms with Crippen molar-refractivity contribution in [2.45, 2.75) is 17.5 Å². The molecule has 3 rings (SSSR count). The standard InChI is InChI=1S/C19H23F3N4O4S2/c1-31(27,28)24-18-13-15(26-10-3-8-23-9-11-26)6-7-17(18)25-32(29,30)16-5-2-4-14(12-16)19(20,21)22/h2,4-7,12-13,23-25H,3,8-11H2,1H3. The summed E-state index contributed by atoms with van der Waals surface area (Å²) in [7, 11) is -8.19. The van der Waals surface area contributed by atoms with Crippen LogP contribution in [-0.2, 0) is 26.2 Å². The van der Waals surface area contributed by atoms with Crippen molar-refractivity contribution in [3.63, 3.8) is 0 Å². The molecule has 0 aromatic heterocycles. The van der Waals surface area contributed by atoms with E-state index in [2.05, 4.69) is 14.8 Å². The van der Waals surface area contributed by atoms with Crippen LogP contribution in [-0.4, -0.2) is 49.3 Å². The van der Waals surface area contributed by atoms with Crippen LogP contribution < -0.4 is 19.7 Å². The first-order valence-corrected chi connectivity index (χ1v) is 13.0. The lowest BCUT2D eigenvalue weighted by Gasteiger charge is -2.24. The molecule has 0 amide bonds. The molecule has 0 saturated carbocycles. The molecule has 8 nitrogen and oxygen atoms in total. The molecule has 3 N–H and O–H groups in total. The van der Waals surface area contributed by atoms with Crippen LogP contribution in [0.2, 0.25) is 0 Å². The third kappa shape index (κ3) is 6.26. The zero-order valence-corrected chi connectivity index (χ0v) is 18.7. The maximum absolute atomic E-state index is 13.0. The van der Waals surface area contributed by atoms with E-state index in [0.29, 0.717) is 18.3 Å². The molecule has 0 unspecified atom stereocenters. The summed E-state index contributed by atoms with van der Waals surface area (Å²) in [5.41, 5.74) is -0.566. The molecule has 13 heteroatoms. The second kappa shape index (κ2) is 9.16. The second-order valence-electron chi connectivity index (χ2n) is 7.33. The molecule has 0 bridgehead atoms. The Morgan fingerprint density at radius 2 is 1.69 bits per heavy atom. The SMILES string of the molecule is CS(=O)(=O)Nc1cc(N2CCCNCC2)ccc1NS(=O)(=O)c1cccc(C(F)(F)F)c1. The van der Waals surface area contributed by atoms with Gasteiger partial charge in [-0.15, -0.1) is 0 Å². The highest BCUT2D eigenvalue weighted by molar-refractivity contribution is 7.93. The number of anilines is 3. The van der Waals surface area contributed by atoms with Crippen LogP contribution >= 0.6 is 0 Å². The summed E-state index contributed by atoms with van der Waals surface area (Å²) in [4.78, 5) is 1.43. The Hall–Kier alpha value is -2.51. The first-order chi connectivity index (χ1) is 14.9. The van der Waals surface area contributed by atoms with Gasteiger partial charge >= 0.3 is 6.18 Å². The van der Waals surface area contributed by atoms with Gasteiger partial charge < -0.3 is 10.2 Å². The van der Waals surface area contributed by atoms with Gasteiger partial charge in [0.2, 0.25) is 10.0 Å². The van der Waals surface area contributed by atoms with E-state index in [1.807, 2.05) is 4.90 Å². The van der Waals surface area contributed by atoms with E-state index in [1.54, 1.807) is 6.07 Å². The first-order valence-electron chi connectivity index (χ1n) is 9.63. The summed E-state index contributed by atoms with van der Waals surface area (Å²) in [6.07, 6.45) is -2.92. The summed E-state index contributed by atoms with van der Waals surface area (Å²) in [6, 6.07) is 7.81. The van der Waals surface area contributed by atoms with Gasteiger partial charge in [-0.2, -0.15) is 13.2 Å². The molecule has 1 saturated heterocycles. The molecule has 1 aliphatic heterocycles. The molecule has 1 fully saturated rings. The van der Waals surface area contributed by atoms with Crippen LogP contribution in [0.5, 0.6) is 0 Å². The van der Waals surface area contributed by atoms with Crippen LogP contribution in [0.15, 0.2) is 47.4 Å². The van der Waals surface area contributed by atoms with Gasteiger partial charge in [0, 0.05) is 25.3 Å². The zero-order valence-electron chi connectivity index (χ0n) is 17.1. The van der Waals surface area contributed by atoms with Crippen molar-refractivity contribution in [1.29, 1.82) is 0 Å². The van der Waals surface area contributed by atoms with E-state index < -0.39 is 36.7 Å². The van der Waals surface area contributed by atoms with Crippen LogP contribution in [0.25, 0.3) is 0 Å². The minimum Gasteiger partial charge on any atom is -0.370 e. The molecule has 2 aromatic carbocycles. The number of hydrogen-bond acceptors (Lipinski definition) is 6. The fraction of sp³-hybridized carbons (Fsp3) is 0.368. The Morgan fingerprint density at radius 3 is 2.38 bits per heavy atom. The van der Waals surface area contributed by atoms with Crippen molar-refractivity contribution < 1.29 is 30.0 Å². The molecule has 0 atom stereocenters. The van der Waals surface area contributed by atoms with Gasteiger partial charge in [0.15, 0.2) is 0 Å². The van der Waals surface area contributed by atoms with Crippen molar-refractivity contribution in [3.8, 4) is 0 Å². The molecule has 32 heavy (non-hydrogen) atoms. The molecule has 176 valence electrons. The summed E-state index contributed by atoms with van der Waals surface area (Å²) >= 11 is 0. The number of rotatable bonds is 6. The average molecular weight is 493 g/mol. The van der Waals surface area contributed by atoms with E-state index in [0.717, 1.165) is 50.5 Å². The highest BCUT2D eigenvalue weighted by Gasteiger charge is 2.32.